The van der Waals surface area contributed by atoms with Gasteiger partial charge in [0.15, 0.2) is 0 Å². The monoisotopic (exact) mass is 372 g/mol. The molecule has 2 heterocycles. The summed E-state index contributed by atoms with van der Waals surface area (Å²) in [6, 6.07) is 13.2. The van der Waals surface area contributed by atoms with E-state index in [1.54, 1.807) is 11.8 Å². The molecule has 2 fully saturated rings. The van der Waals surface area contributed by atoms with Crippen molar-refractivity contribution < 1.29 is 19.4 Å². The number of hydrogen-bond acceptors (Lipinski definition) is 5. The van der Waals surface area contributed by atoms with Crippen LogP contribution in [0.5, 0.6) is 5.75 Å². The molecule has 2 aromatic carbocycles. The molecule has 2 saturated heterocycles. The maximum absolute atomic E-state index is 12.6. The Bertz CT molecular complexity index is 850. The Labute approximate surface area is 155 Å². The number of carbonyl (C=O) groups is 2. The third kappa shape index (κ3) is 3.12. The Morgan fingerprint density at radius 2 is 2.04 bits per heavy atom. The molecule has 2 unspecified atom stereocenters. The average molecular weight is 372 g/mol. The summed E-state index contributed by atoms with van der Waals surface area (Å²) in [5.74, 6) is 1.85. The van der Waals surface area contributed by atoms with Crippen LogP contribution in [-0.2, 0) is 4.79 Å². The molecule has 4 rings (SSSR count). The summed E-state index contributed by atoms with van der Waals surface area (Å²) in [4.78, 5) is 25.8. The zero-order valence-electron chi connectivity index (χ0n) is 14.2. The molecular formula is C19H20N2O4S. The normalized spacial score (nSPS) is 23.7. The van der Waals surface area contributed by atoms with E-state index in [4.69, 9.17) is 4.74 Å². The second-order valence-electron chi connectivity index (χ2n) is 6.70. The number of nitrogens with zero attached hydrogens (tertiary/aromatic N) is 1. The van der Waals surface area contributed by atoms with E-state index in [1.165, 1.54) is 0 Å². The van der Waals surface area contributed by atoms with E-state index in [0.29, 0.717) is 17.9 Å². The highest BCUT2D eigenvalue weighted by Gasteiger charge is 2.53. The van der Waals surface area contributed by atoms with Crippen LogP contribution in [0, 0.1) is 0 Å². The van der Waals surface area contributed by atoms with Crippen LogP contribution in [0.3, 0.4) is 0 Å². The fourth-order valence-corrected chi connectivity index (χ4v) is 4.71. The fraction of sp³-hybridized carbons (Fsp3) is 0.368. The molecule has 136 valence electrons. The van der Waals surface area contributed by atoms with Gasteiger partial charge in [-0.05, 0) is 35.1 Å². The van der Waals surface area contributed by atoms with Crippen molar-refractivity contribution in [1.82, 2.24) is 10.2 Å². The Morgan fingerprint density at radius 1 is 1.23 bits per heavy atom. The molecule has 2 aliphatic rings. The summed E-state index contributed by atoms with van der Waals surface area (Å²) in [5, 5.41) is 15.2. The lowest BCUT2D eigenvalue weighted by Crippen LogP contribution is -2.47. The van der Waals surface area contributed by atoms with Crippen LogP contribution in [0.2, 0.25) is 0 Å². The van der Waals surface area contributed by atoms with E-state index in [0.717, 1.165) is 21.4 Å². The molecule has 0 saturated carbocycles. The van der Waals surface area contributed by atoms with E-state index in [1.807, 2.05) is 42.5 Å². The van der Waals surface area contributed by atoms with E-state index < -0.39 is 17.7 Å². The van der Waals surface area contributed by atoms with Crippen LogP contribution >= 0.6 is 11.8 Å². The van der Waals surface area contributed by atoms with E-state index in [9.17, 15) is 14.7 Å². The van der Waals surface area contributed by atoms with E-state index >= 15 is 0 Å². The molecular weight excluding hydrogens is 352 g/mol. The van der Waals surface area contributed by atoms with Gasteiger partial charge in [0.25, 0.3) is 5.91 Å². The lowest BCUT2D eigenvalue weighted by Gasteiger charge is -2.21. The number of hydrogen-bond donors (Lipinski definition) is 2. The van der Waals surface area contributed by atoms with Gasteiger partial charge < -0.3 is 15.2 Å². The van der Waals surface area contributed by atoms with Crippen LogP contribution in [0.1, 0.15) is 6.42 Å². The van der Waals surface area contributed by atoms with Gasteiger partial charge in [0, 0.05) is 5.75 Å². The highest BCUT2D eigenvalue weighted by Crippen LogP contribution is 2.33. The molecule has 2 aliphatic heterocycles. The minimum Gasteiger partial charge on any atom is -0.491 e. The predicted molar refractivity (Wildman–Crippen MR) is 100 cm³/mol. The highest BCUT2D eigenvalue weighted by molar-refractivity contribution is 7.99. The van der Waals surface area contributed by atoms with Crippen molar-refractivity contribution in [3.8, 4) is 5.75 Å². The largest absolute Gasteiger partial charge is 0.491 e. The number of imide groups is 1. The van der Waals surface area contributed by atoms with Crippen LogP contribution < -0.4 is 10.1 Å². The van der Waals surface area contributed by atoms with Gasteiger partial charge >= 0.3 is 6.03 Å². The zero-order chi connectivity index (χ0) is 18.1. The maximum atomic E-state index is 12.6. The molecule has 26 heavy (non-hydrogen) atoms. The second-order valence-corrected chi connectivity index (χ2v) is 7.81. The number of aliphatic hydroxyl groups excluding tert-OH is 1. The number of fused-ring (bicyclic) bond motifs is 1. The van der Waals surface area contributed by atoms with Gasteiger partial charge in [-0.2, -0.15) is 11.8 Å². The molecule has 1 spiro atoms. The minimum absolute atomic E-state index is 0.0111. The lowest BCUT2D eigenvalue weighted by molar-refractivity contribution is -0.131. The van der Waals surface area contributed by atoms with Gasteiger partial charge in [-0.1, -0.05) is 30.3 Å². The van der Waals surface area contributed by atoms with Gasteiger partial charge in [0.2, 0.25) is 0 Å². The minimum atomic E-state index is -0.944. The molecule has 3 amide bonds. The summed E-state index contributed by atoms with van der Waals surface area (Å²) < 4.78 is 5.65. The topological polar surface area (TPSA) is 78.9 Å². The number of rotatable bonds is 5. The zero-order valence-corrected chi connectivity index (χ0v) is 15.0. The summed E-state index contributed by atoms with van der Waals surface area (Å²) >= 11 is 1.66. The van der Waals surface area contributed by atoms with Crippen molar-refractivity contribution in [3.05, 3.63) is 42.5 Å². The van der Waals surface area contributed by atoms with Gasteiger partial charge in [0.1, 0.15) is 24.0 Å². The number of β-amino-alcohol motifs (C(OH)–C–C–N with tert-alkyl or cyclic N) is 1. The van der Waals surface area contributed by atoms with Crippen LogP contribution in [-0.4, -0.2) is 58.2 Å². The van der Waals surface area contributed by atoms with Gasteiger partial charge in [0.05, 0.1) is 6.54 Å². The summed E-state index contributed by atoms with van der Waals surface area (Å²) in [5.41, 5.74) is -0.777. The van der Waals surface area contributed by atoms with Crippen molar-refractivity contribution in [1.29, 1.82) is 0 Å². The molecule has 6 nitrogen and oxygen atoms in total. The Morgan fingerprint density at radius 3 is 2.81 bits per heavy atom. The number of aliphatic hydroxyl groups is 1. The van der Waals surface area contributed by atoms with Crippen molar-refractivity contribution in [2.75, 3.05) is 24.7 Å². The number of benzene rings is 2. The fourth-order valence-electron chi connectivity index (χ4n) is 3.39. The van der Waals surface area contributed by atoms with Crippen LogP contribution in [0.25, 0.3) is 10.8 Å². The Kier molecular flexibility index (Phi) is 4.50. The molecule has 0 aromatic heterocycles. The molecule has 7 heteroatoms. The third-order valence-corrected chi connectivity index (χ3v) is 6.01. The smallest absolute Gasteiger partial charge is 0.325 e. The van der Waals surface area contributed by atoms with Crippen molar-refractivity contribution in [2.45, 2.75) is 18.1 Å². The number of urea groups is 1. The molecule has 0 radical (unpaired) electrons. The first-order valence-electron chi connectivity index (χ1n) is 8.59. The maximum Gasteiger partial charge on any atom is 0.325 e. The van der Waals surface area contributed by atoms with Crippen molar-refractivity contribution >= 4 is 34.5 Å². The number of thioether (sulfide) groups is 1. The quantitative estimate of drug-likeness (QED) is 0.785. The highest BCUT2D eigenvalue weighted by atomic mass is 32.2. The summed E-state index contributed by atoms with van der Waals surface area (Å²) in [6.07, 6.45) is -0.303. The van der Waals surface area contributed by atoms with Gasteiger partial charge in [-0.3, -0.25) is 9.69 Å². The summed E-state index contributed by atoms with van der Waals surface area (Å²) in [6.45, 7) is -0.0538. The molecule has 0 bridgehead atoms. The number of ether oxygens (including phenoxy) is 1. The first-order valence-corrected chi connectivity index (χ1v) is 9.74. The third-order valence-electron chi connectivity index (χ3n) is 4.82. The standard InChI is InChI=1S/C19H20N2O4S/c22-15(10-21-17(23)19(20-18(21)24)7-8-26-12-19)11-25-16-6-5-13-3-1-2-4-14(13)9-16/h1-6,9,15,22H,7-8,10-12H2,(H,20,24). The van der Waals surface area contributed by atoms with Crippen molar-refractivity contribution in [2.24, 2.45) is 0 Å². The lowest BCUT2D eigenvalue weighted by atomic mass is 9.99. The molecule has 2 aromatic rings. The van der Waals surface area contributed by atoms with E-state index in [2.05, 4.69) is 5.32 Å². The van der Waals surface area contributed by atoms with Crippen LogP contribution in [0.15, 0.2) is 42.5 Å². The number of amides is 3. The first kappa shape index (κ1) is 17.2. The molecule has 2 atom stereocenters. The predicted octanol–water partition coefficient (Wildman–Crippen LogP) is 2.01. The molecule has 2 N–H and O–H groups in total. The molecule has 0 aliphatic carbocycles. The number of nitrogens with one attached hydrogen (secondary N) is 1. The average Bonchev–Trinajstić information content (AvgIpc) is 3.21. The van der Waals surface area contributed by atoms with Gasteiger partial charge in [-0.25, -0.2) is 4.79 Å². The Hall–Kier alpha value is -2.25. The summed E-state index contributed by atoms with van der Waals surface area (Å²) in [7, 11) is 0. The van der Waals surface area contributed by atoms with E-state index in [-0.39, 0.29) is 19.1 Å². The van der Waals surface area contributed by atoms with Crippen molar-refractivity contribution in [3.63, 3.8) is 0 Å². The van der Waals surface area contributed by atoms with Crippen LogP contribution in [0.4, 0.5) is 4.79 Å². The Balaban J connectivity index is 1.37. The second kappa shape index (κ2) is 6.81. The van der Waals surface area contributed by atoms with Gasteiger partial charge in [-0.15, -0.1) is 0 Å². The SMILES string of the molecule is O=C1NC2(CCSC2)C(=O)N1CC(O)COc1ccc2ccccc2c1. The number of carbonyl (C=O) groups excluding carboxylic acids is 2. The first-order chi connectivity index (χ1) is 12.6.